The number of hydrogen-bond acceptors (Lipinski definition) is 6. The highest BCUT2D eigenvalue weighted by molar-refractivity contribution is 7.14. The molecule has 0 aliphatic carbocycles. The fraction of sp³-hybridized carbons (Fsp3) is 0.263. The monoisotopic (exact) mass is 369 g/mol. The first-order valence-electron chi connectivity index (χ1n) is 8.30. The lowest BCUT2D eigenvalue weighted by molar-refractivity contribution is -0.116. The Morgan fingerprint density at radius 3 is 2.69 bits per heavy atom. The van der Waals surface area contributed by atoms with E-state index in [1.807, 2.05) is 36.6 Å². The molecule has 0 radical (unpaired) electrons. The average Bonchev–Trinajstić information content (AvgIpc) is 3.25. The lowest BCUT2D eigenvalue weighted by Crippen LogP contribution is -2.11. The quantitative estimate of drug-likeness (QED) is 0.629. The van der Waals surface area contributed by atoms with Gasteiger partial charge in [0, 0.05) is 36.8 Å². The Kier molecular flexibility index (Phi) is 5.58. The van der Waals surface area contributed by atoms with Crippen LogP contribution in [0.1, 0.15) is 41.6 Å². The molecule has 0 fully saturated rings. The first-order valence-corrected chi connectivity index (χ1v) is 9.18. The summed E-state index contributed by atoms with van der Waals surface area (Å²) in [5.41, 5.74) is 3.39. The van der Waals surface area contributed by atoms with Gasteiger partial charge in [-0.3, -0.25) is 9.59 Å². The summed E-state index contributed by atoms with van der Waals surface area (Å²) in [7, 11) is 0. The Labute approximate surface area is 155 Å². The second kappa shape index (κ2) is 8.05. The maximum Gasteiger partial charge on any atom is 0.226 e. The van der Waals surface area contributed by atoms with Gasteiger partial charge in [0.2, 0.25) is 5.91 Å². The van der Waals surface area contributed by atoms with Crippen LogP contribution in [0, 0.1) is 6.92 Å². The van der Waals surface area contributed by atoms with Crippen molar-refractivity contribution >= 4 is 28.2 Å². The van der Waals surface area contributed by atoms with Gasteiger partial charge in [-0.2, -0.15) is 0 Å². The molecule has 0 aliphatic heterocycles. The number of thiazole rings is 1. The fourth-order valence-corrected chi connectivity index (χ4v) is 3.13. The van der Waals surface area contributed by atoms with E-state index < -0.39 is 0 Å². The number of ketones is 1. The van der Waals surface area contributed by atoms with Crippen molar-refractivity contribution in [2.45, 2.75) is 33.1 Å². The van der Waals surface area contributed by atoms with Gasteiger partial charge in [0.05, 0.1) is 5.69 Å². The molecule has 0 aliphatic rings. The van der Waals surface area contributed by atoms with Gasteiger partial charge < -0.3 is 9.84 Å². The summed E-state index contributed by atoms with van der Waals surface area (Å²) < 4.78 is 5.07. The lowest BCUT2D eigenvalue weighted by Gasteiger charge is -2.01. The van der Waals surface area contributed by atoms with Crippen molar-refractivity contribution in [2.24, 2.45) is 0 Å². The number of nitrogens with zero attached hydrogens (tertiary/aromatic N) is 2. The van der Waals surface area contributed by atoms with Crippen molar-refractivity contribution in [3.8, 4) is 11.3 Å². The predicted octanol–water partition coefficient (Wildman–Crippen LogP) is 4.27. The number of carbonyl (C=O) groups is 2. The van der Waals surface area contributed by atoms with Gasteiger partial charge in [0.25, 0.3) is 0 Å². The van der Waals surface area contributed by atoms with E-state index >= 15 is 0 Å². The highest BCUT2D eigenvalue weighted by atomic mass is 32.1. The minimum Gasteiger partial charge on any atom is -0.361 e. The third kappa shape index (κ3) is 4.64. The van der Waals surface area contributed by atoms with E-state index in [9.17, 15) is 9.59 Å². The summed E-state index contributed by atoms with van der Waals surface area (Å²) in [5.74, 6) is 0.380. The fourth-order valence-electron chi connectivity index (χ4n) is 2.39. The zero-order valence-electron chi connectivity index (χ0n) is 14.6. The number of aromatic nitrogens is 2. The topological polar surface area (TPSA) is 85.1 Å². The molecule has 0 bridgehead atoms. The minimum atomic E-state index is -0.133. The second-order valence-corrected chi connectivity index (χ2v) is 6.90. The van der Waals surface area contributed by atoms with Gasteiger partial charge in [-0.1, -0.05) is 35.0 Å². The first-order chi connectivity index (χ1) is 12.5. The van der Waals surface area contributed by atoms with Gasteiger partial charge in [0.1, 0.15) is 11.5 Å². The van der Waals surface area contributed by atoms with Crippen LogP contribution in [0.5, 0.6) is 0 Å². The molecule has 2 heterocycles. The van der Waals surface area contributed by atoms with E-state index in [0.717, 1.165) is 11.3 Å². The molecule has 7 heteroatoms. The molecule has 0 unspecified atom stereocenters. The third-order valence-electron chi connectivity index (χ3n) is 3.84. The molecule has 1 N–H and O–H groups in total. The van der Waals surface area contributed by atoms with Crippen molar-refractivity contribution in [2.75, 3.05) is 5.32 Å². The maximum atomic E-state index is 12.1. The van der Waals surface area contributed by atoms with E-state index in [2.05, 4.69) is 15.5 Å². The first kappa shape index (κ1) is 18.0. The summed E-state index contributed by atoms with van der Waals surface area (Å²) in [6.07, 6.45) is 1.50. The van der Waals surface area contributed by atoms with Crippen LogP contribution in [0.3, 0.4) is 0 Å². The van der Waals surface area contributed by atoms with Crippen molar-refractivity contribution in [3.63, 3.8) is 0 Å². The number of aryl methyl sites for hydroxylation is 2. The van der Waals surface area contributed by atoms with Crippen LogP contribution >= 0.6 is 11.3 Å². The molecule has 1 aromatic carbocycles. The number of benzene rings is 1. The molecule has 0 atom stereocenters. The Morgan fingerprint density at radius 1 is 1.23 bits per heavy atom. The molecule has 3 rings (SSSR count). The SMILES string of the molecule is CC(=O)c1cc(CCCC(=O)Nc2nc(-c3ccc(C)cc3)cs2)on1. The molecular formula is C19H19N3O3S. The molecule has 3 aromatic rings. The van der Waals surface area contributed by atoms with Crippen LogP contribution in [-0.2, 0) is 11.2 Å². The van der Waals surface area contributed by atoms with E-state index in [0.29, 0.717) is 35.8 Å². The standard InChI is InChI=1S/C19H19N3O3S/c1-12-6-8-14(9-7-12)17-11-26-19(20-17)21-18(24)5-3-4-15-10-16(13(2)23)22-25-15/h6-11H,3-5H2,1-2H3,(H,20,21,24). The lowest BCUT2D eigenvalue weighted by atomic mass is 10.1. The molecule has 0 spiro atoms. The van der Waals surface area contributed by atoms with Gasteiger partial charge in [-0.05, 0) is 13.3 Å². The van der Waals surface area contributed by atoms with Crippen LogP contribution in [0.15, 0.2) is 40.2 Å². The number of hydrogen-bond donors (Lipinski definition) is 1. The molecule has 134 valence electrons. The van der Waals surface area contributed by atoms with Crippen molar-refractivity contribution in [3.05, 3.63) is 52.7 Å². The molecule has 1 amide bonds. The highest BCUT2D eigenvalue weighted by Gasteiger charge is 2.11. The Balaban J connectivity index is 1.49. The van der Waals surface area contributed by atoms with Crippen LogP contribution < -0.4 is 5.32 Å². The predicted molar refractivity (Wildman–Crippen MR) is 100 cm³/mol. The molecule has 0 saturated heterocycles. The summed E-state index contributed by atoms with van der Waals surface area (Å²) in [4.78, 5) is 27.7. The normalized spacial score (nSPS) is 10.7. The Morgan fingerprint density at radius 2 is 2.00 bits per heavy atom. The number of Topliss-reactive ketones (excluding diaryl/α,β-unsaturated/α-hetero) is 1. The number of anilines is 1. The van der Waals surface area contributed by atoms with Crippen LogP contribution in [0.2, 0.25) is 0 Å². The Bertz CT molecular complexity index is 912. The van der Waals surface area contributed by atoms with E-state index in [1.165, 1.54) is 23.8 Å². The molecule has 6 nitrogen and oxygen atoms in total. The summed E-state index contributed by atoms with van der Waals surface area (Å²) in [5, 5.41) is 9.02. The summed E-state index contributed by atoms with van der Waals surface area (Å²) in [6, 6.07) is 9.72. The smallest absolute Gasteiger partial charge is 0.226 e. The molecular weight excluding hydrogens is 350 g/mol. The molecule has 26 heavy (non-hydrogen) atoms. The van der Waals surface area contributed by atoms with Crippen molar-refractivity contribution < 1.29 is 14.1 Å². The Hall–Kier alpha value is -2.80. The van der Waals surface area contributed by atoms with Gasteiger partial charge in [0.15, 0.2) is 10.9 Å². The molecule has 0 saturated carbocycles. The maximum absolute atomic E-state index is 12.1. The number of carbonyl (C=O) groups excluding carboxylic acids is 2. The molecule has 2 aromatic heterocycles. The van der Waals surface area contributed by atoms with E-state index in [1.54, 1.807) is 6.07 Å². The van der Waals surface area contributed by atoms with E-state index in [-0.39, 0.29) is 11.7 Å². The van der Waals surface area contributed by atoms with Crippen LogP contribution in [0.25, 0.3) is 11.3 Å². The van der Waals surface area contributed by atoms with Gasteiger partial charge in [-0.15, -0.1) is 11.3 Å². The van der Waals surface area contributed by atoms with Gasteiger partial charge in [-0.25, -0.2) is 4.98 Å². The number of amides is 1. The zero-order valence-corrected chi connectivity index (χ0v) is 15.4. The minimum absolute atomic E-state index is 0.0962. The number of nitrogens with one attached hydrogen (secondary N) is 1. The highest BCUT2D eigenvalue weighted by Crippen LogP contribution is 2.25. The summed E-state index contributed by atoms with van der Waals surface area (Å²) in [6.45, 7) is 3.48. The average molecular weight is 369 g/mol. The zero-order chi connectivity index (χ0) is 18.5. The van der Waals surface area contributed by atoms with E-state index in [4.69, 9.17) is 4.52 Å². The van der Waals surface area contributed by atoms with Crippen LogP contribution in [-0.4, -0.2) is 21.8 Å². The van der Waals surface area contributed by atoms with Crippen LogP contribution in [0.4, 0.5) is 5.13 Å². The van der Waals surface area contributed by atoms with Crippen molar-refractivity contribution in [1.82, 2.24) is 10.1 Å². The third-order valence-corrected chi connectivity index (χ3v) is 4.60. The largest absolute Gasteiger partial charge is 0.361 e. The number of rotatable bonds is 7. The summed E-state index contributed by atoms with van der Waals surface area (Å²) >= 11 is 1.40. The van der Waals surface area contributed by atoms with Gasteiger partial charge >= 0.3 is 0 Å². The second-order valence-electron chi connectivity index (χ2n) is 6.04. The van der Waals surface area contributed by atoms with Crippen molar-refractivity contribution in [1.29, 1.82) is 0 Å².